The average Bonchev–Trinajstić information content (AvgIpc) is 3.07. The van der Waals surface area contributed by atoms with Gasteiger partial charge in [-0.1, -0.05) is 0 Å². The van der Waals surface area contributed by atoms with Gasteiger partial charge in [-0.3, -0.25) is 14.3 Å². The number of urea groups is 1. The Morgan fingerprint density at radius 1 is 1.31 bits per heavy atom. The molecule has 15 heteroatoms. The lowest BCUT2D eigenvalue weighted by atomic mass is 9.99. The zero-order valence-electron chi connectivity index (χ0n) is 19.1. The number of fused-ring (bicyclic) bond motifs is 3. The SMILES string of the molecule is C[C@@H]1Cc2nn3c(c2CN1C(=O)Nc1ccc(F)c(C(F)(F)F)c1)C(=O)N(C)O[C@H](CNC(=O)O)C3. The topological polar surface area (TPSA) is 129 Å². The van der Waals surface area contributed by atoms with Crippen molar-refractivity contribution in [1.82, 2.24) is 25.1 Å². The number of nitrogens with zero attached hydrogens (tertiary/aromatic N) is 4. The zero-order chi connectivity index (χ0) is 26.4. The molecule has 2 atom stereocenters. The summed E-state index contributed by atoms with van der Waals surface area (Å²) in [5.41, 5.74) is -0.562. The molecule has 0 spiro atoms. The number of amides is 4. The molecule has 1 aromatic heterocycles. The highest BCUT2D eigenvalue weighted by Gasteiger charge is 2.38. The van der Waals surface area contributed by atoms with Crippen molar-refractivity contribution in [3.63, 3.8) is 0 Å². The van der Waals surface area contributed by atoms with Crippen LogP contribution < -0.4 is 10.6 Å². The Labute approximate surface area is 201 Å². The third-order valence-electron chi connectivity index (χ3n) is 5.92. The number of anilines is 1. The summed E-state index contributed by atoms with van der Waals surface area (Å²) in [6, 6.07) is 1.00. The number of hydroxylamine groups is 2. The largest absolute Gasteiger partial charge is 0.465 e. The maximum Gasteiger partial charge on any atom is 0.419 e. The van der Waals surface area contributed by atoms with Crippen LogP contribution in [0.3, 0.4) is 0 Å². The second kappa shape index (κ2) is 9.29. The van der Waals surface area contributed by atoms with Crippen LogP contribution in [0.4, 0.5) is 32.8 Å². The van der Waals surface area contributed by atoms with Gasteiger partial charge >= 0.3 is 18.3 Å². The highest BCUT2D eigenvalue weighted by molar-refractivity contribution is 5.94. The number of aromatic nitrogens is 2. The van der Waals surface area contributed by atoms with E-state index in [1.54, 1.807) is 6.92 Å². The van der Waals surface area contributed by atoms with Crippen molar-refractivity contribution >= 4 is 23.7 Å². The van der Waals surface area contributed by atoms with Gasteiger partial charge in [-0.25, -0.2) is 19.0 Å². The average molecular weight is 514 g/mol. The number of nitrogens with one attached hydrogen (secondary N) is 2. The summed E-state index contributed by atoms with van der Waals surface area (Å²) in [7, 11) is 1.37. The van der Waals surface area contributed by atoms with E-state index in [0.717, 1.165) is 11.1 Å². The number of hydrogen-bond acceptors (Lipinski definition) is 5. The molecule has 0 saturated carbocycles. The van der Waals surface area contributed by atoms with Gasteiger partial charge in [-0.2, -0.15) is 18.3 Å². The first-order valence-corrected chi connectivity index (χ1v) is 10.8. The third-order valence-corrected chi connectivity index (χ3v) is 5.92. The second-order valence-corrected chi connectivity index (χ2v) is 8.48. The minimum atomic E-state index is -4.93. The number of hydrogen-bond donors (Lipinski definition) is 3. The monoisotopic (exact) mass is 514 g/mol. The number of carbonyl (C=O) groups is 3. The molecule has 3 heterocycles. The van der Waals surface area contributed by atoms with Crippen molar-refractivity contribution in [2.24, 2.45) is 0 Å². The Kier molecular flexibility index (Phi) is 6.51. The molecule has 0 fully saturated rings. The van der Waals surface area contributed by atoms with E-state index in [-0.39, 0.29) is 37.4 Å². The molecule has 0 bridgehead atoms. The Balaban J connectivity index is 1.58. The lowest BCUT2D eigenvalue weighted by molar-refractivity contribution is -0.146. The quantitative estimate of drug-likeness (QED) is 0.541. The lowest BCUT2D eigenvalue weighted by Crippen LogP contribution is -2.45. The summed E-state index contributed by atoms with van der Waals surface area (Å²) in [5, 5.41) is 18.9. The van der Waals surface area contributed by atoms with Gasteiger partial charge in [0.1, 0.15) is 17.6 Å². The van der Waals surface area contributed by atoms with E-state index in [1.165, 1.54) is 16.6 Å². The Morgan fingerprint density at radius 2 is 2.03 bits per heavy atom. The van der Waals surface area contributed by atoms with Gasteiger partial charge < -0.3 is 20.6 Å². The van der Waals surface area contributed by atoms with Crippen LogP contribution in [0.5, 0.6) is 0 Å². The van der Waals surface area contributed by atoms with E-state index in [1.807, 2.05) is 0 Å². The summed E-state index contributed by atoms with van der Waals surface area (Å²) in [4.78, 5) is 43.7. The van der Waals surface area contributed by atoms with Crippen LogP contribution in [0.15, 0.2) is 18.2 Å². The summed E-state index contributed by atoms with van der Waals surface area (Å²) in [6.45, 7) is 1.62. The molecule has 0 aliphatic carbocycles. The molecule has 0 radical (unpaired) electrons. The highest BCUT2D eigenvalue weighted by Crippen LogP contribution is 2.34. The molecule has 4 rings (SSSR count). The minimum Gasteiger partial charge on any atom is -0.465 e. The summed E-state index contributed by atoms with van der Waals surface area (Å²) >= 11 is 0. The predicted octanol–water partition coefficient (Wildman–Crippen LogP) is 2.67. The summed E-state index contributed by atoms with van der Waals surface area (Å²) in [6.07, 6.45) is -6.65. The fraction of sp³-hybridized carbons (Fsp3) is 0.429. The van der Waals surface area contributed by atoms with Crippen LogP contribution in [0.1, 0.15) is 34.2 Å². The molecule has 1 aromatic carbocycles. The first-order valence-electron chi connectivity index (χ1n) is 10.8. The molecule has 11 nitrogen and oxygen atoms in total. The first-order chi connectivity index (χ1) is 16.8. The molecule has 4 amide bonds. The van der Waals surface area contributed by atoms with Crippen molar-refractivity contribution in [2.45, 2.75) is 44.8 Å². The molecular formula is C21H22F4N6O5. The van der Waals surface area contributed by atoms with Crippen molar-refractivity contribution < 1.29 is 41.9 Å². The zero-order valence-corrected chi connectivity index (χ0v) is 19.1. The molecule has 194 valence electrons. The van der Waals surface area contributed by atoms with E-state index < -0.39 is 47.7 Å². The predicted molar refractivity (Wildman–Crippen MR) is 114 cm³/mol. The van der Waals surface area contributed by atoms with E-state index in [0.29, 0.717) is 23.4 Å². The maximum atomic E-state index is 13.6. The van der Waals surface area contributed by atoms with E-state index >= 15 is 0 Å². The standard InChI is InChI=1S/C21H22F4N6O5/c1-10-5-16-13(17-18(32)29(2)36-12(7-26-20(34)35)8-31(17)28-16)9-30(10)19(33)27-11-3-4-15(22)14(6-11)21(23,24)25/h3-4,6,10,12,26H,5,7-9H2,1-2H3,(H,27,33)(H,34,35)/t10-,12-/m1/s1. The molecule has 2 aliphatic rings. The third kappa shape index (κ3) is 4.91. The van der Waals surface area contributed by atoms with E-state index in [9.17, 15) is 31.9 Å². The first kappa shape index (κ1) is 25.2. The minimum absolute atomic E-state index is 0.0646. The van der Waals surface area contributed by atoms with Gasteiger partial charge in [0.05, 0.1) is 30.9 Å². The normalized spacial score (nSPS) is 19.9. The van der Waals surface area contributed by atoms with Crippen molar-refractivity contribution in [2.75, 3.05) is 18.9 Å². The van der Waals surface area contributed by atoms with Gasteiger partial charge in [-0.15, -0.1) is 0 Å². The van der Waals surface area contributed by atoms with Crippen LogP contribution in [0.2, 0.25) is 0 Å². The van der Waals surface area contributed by atoms with Gasteiger partial charge in [0.25, 0.3) is 5.91 Å². The van der Waals surface area contributed by atoms with E-state index in [2.05, 4.69) is 15.7 Å². The number of carboxylic acid groups (broad SMARTS) is 1. The Morgan fingerprint density at radius 3 is 2.69 bits per heavy atom. The highest BCUT2D eigenvalue weighted by atomic mass is 19.4. The number of halogens is 4. The van der Waals surface area contributed by atoms with Crippen molar-refractivity contribution in [3.05, 3.63) is 46.5 Å². The van der Waals surface area contributed by atoms with Gasteiger partial charge in [0, 0.05) is 30.8 Å². The fourth-order valence-corrected chi connectivity index (χ4v) is 4.20. The second-order valence-electron chi connectivity index (χ2n) is 8.48. The van der Waals surface area contributed by atoms with E-state index in [4.69, 9.17) is 9.94 Å². The van der Waals surface area contributed by atoms with Crippen LogP contribution in [-0.4, -0.2) is 68.6 Å². The van der Waals surface area contributed by atoms with Crippen LogP contribution >= 0.6 is 0 Å². The summed E-state index contributed by atoms with van der Waals surface area (Å²) in [5.74, 6) is -2.01. The lowest BCUT2D eigenvalue weighted by Gasteiger charge is -2.33. The van der Waals surface area contributed by atoms with Crippen LogP contribution in [0.25, 0.3) is 0 Å². The number of carbonyl (C=O) groups excluding carboxylic acids is 2. The van der Waals surface area contributed by atoms with Gasteiger partial charge in [0.2, 0.25) is 0 Å². The van der Waals surface area contributed by atoms with Crippen LogP contribution in [0, 0.1) is 5.82 Å². The van der Waals surface area contributed by atoms with Gasteiger partial charge in [0.15, 0.2) is 0 Å². The summed E-state index contributed by atoms with van der Waals surface area (Å²) < 4.78 is 54.1. The smallest absolute Gasteiger partial charge is 0.419 e. The fourth-order valence-electron chi connectivity index (χ4n) is 4.20. The Bertz CT molecular complexity index is 1220. The molecular weight excluding hydrogens is 492 g/mol. The molecule has 2 aromatic rings. The number of rotatable bonds is 3. The molecule has 0 unspecified atom stereocenters. The molecule has 0 saturated heterocycles. The number of alkyl halides is 3. The maximum absolute atomic E-state index is 13.6. The van der Waals surface area contributed by atoms with Crippen molar-refractivity contribution in [3.8, 4) is 0 Å². The Hall–Kier alpha value is -3.88. The number of benzene rings is 1. The van der Waals surface area contributed by atoms with Crippen LogP contribution in [-0.2, 0) is 30.5 Å². The van der Waals surface area contributed by atoms with Crippen molar-refractivity contribution in [1.29, 1.82) is 0 Å². The molecule has 3 N–H and O–H groups in total. The van der Waals surface area contributed by atoms with Gasteiger partial charge in [-0.05, 0) is 25.1 Å². The molecule has 2 aliphatic heterocycles. The molecule has 36 heavy (non-hydrogen) atoms.